The SMILES string of the molecule is CC(C)CCCCCCCCCCN(CCCCCCCCCCC(C)C)CCCCCCCCCCC(C)C. The van der Waals surface area contributed by atoms with E-state index >= 15 is 0 Å². The smallest absolute Gasteiger partial charge is 0.00187 e. The molecule has 0 rings (SSSR count). The molecule has 0 saturated heterocycles. The molecule has 40 heavy (non-hydrogen) atoms. The Bertz CT molecular complexity index is 387. The first-order valence-corrected chi connectivity index (χ1v) is 19.1. The van der Waals surface area contributed by atoms with Crippen LogP contribution in [0.1, 0.15) is 215 Å². The molecule has 1 nitrogen and oxygen atoms in total. The Morgan fingerprint density at radius 2 is 0.425 bits per heavy atom. The summed E-state index contributed by atoms with van der Waals surface area (Å²) < 4.78 is 0. The molecule has 0 aromatic heterocycles. The van der Waals surface area contributed by atoms with Gasteiger partial charge < -0.3 is 4.90 Å². The van der Waals surface area contributed by atoms with Crippen LogP contribution in [0.25, 0.3) is 0 Å². The summed E-state index contributed by atoms with van der Waals surface area (Å²) in [6.45, 7) is 18.2. The predicted octanol–water partition coefficient (Wildman–Crippen LogP) is 13.8. The molecule has 0 radical (unpaired) electrons. The van der Waals surface area contributed by atoms with Gasteiger partial charge in [0.1, 0.15) is 0 Å². The summed E-state index contributed by atoms with van der Waals surface area (Å²) >= 11 is 0. The molecule has 0 amide bonds. The summed E-state index contributed by atoms with van der Waals surface area (Å²) in [5.74, 6) is 2.66. The Labute approximate surface area is 256 Å². The van der Waals surface area contributed by atoms with Gasteiger partial charge in [0.05, 0.1) is 0 Å². The van der Waals surface area contributed by atoms with E-state index in [1.165, 1.54) is 193 Å². The van der Waals surface area contributed by atoms with E-state index in [2.05, 4.69) is 46.4 Å². The highest BCUT2D eigenvalue weighted by atomic mass is 15.1. The third-order valence-electron chi connectivity index (χ3n) is 9.02. The molecule has 0 aliphatic carbocycles. The zero-order valence-corrected chi connectivity index (χ0v) is 29.4. The van der Waals surface area contributed by atoms with Gasteiger partial charge in [-0.25, -0.2) is 0 Å². The lowest BCUT2D eigenvalue weighted by Gasteiger charge is -2.22. The van der Waals surface area contributed by atoms with Gasteiger partial charge in [-0.1, -0.05) is 196 Å². The molecule has 0 heterocycles. The van der Waals surface area contributed by atoms with Crippen molar-refractivity contribution >= 4 is 0 Å². The molecule has 0 aliphatic heterocycles. The largest absolute Gasteiger partial charge is 0.303 e. The molecule has 0 aromatic carbocycles. The van der Waals surface area contributed by atoms with E-state index in [0.29, 0.717) is 0 Å². The monoisotopic (exact) mass is 564 g/mol. The van der Waals surface area contributed by atoms with Gasteiger partial charge >= 0.3 is 0 Å². The molecular weight excluding hydrogens is 482 g/mol. The fourth-order valence-corrected chi connectivity index (χ4v) is 6.18. The predicted molar refractivity (Wildman–Crippen MR) is 186 cm³/mol. The van der Waals surface area contributed by atoms with Crippen LogP contribution in [0.2, 0.25) is 0 Å². The van der Waals surface area contributed by atoms with Gasteiger partial charge in [-0.15, -0.1) is 0 Å². The van der Waals surface area contributed by atoms with E-state index in [1.807, 2.05) is 0 Å². The highest BCUT2D eigenvalue weighted by Crippen LogP contribution is 2.16. The number of nitrogens with zero attached hydrogens (tertiary/aromatic N) is 1. The average molecular weight is 564 g/mol. The van der Waals surface area contributed by atoms with Crippen LogP contribution in [0.4, 0.5) is 0 Å². The summed E-state index contributed by atoms with van der Waals surface area (Å²) in [6.07, 6.45) is 39.3. The van der Waals surface area contributed by atoms with Crippen molar-refractivity contribution in [2.75, 3.05) is 19.6 Å². The summed E-state index contributed by atoms with van der Waals surface area (Å²) in [4.78, 5) is 2.85. The van der Waals surface area contributed by atoms with Gasteiger partial charge in [-0.05, 0) is 56.7 Å². The van der Waals surface area contributed by atoms with Crippen LogP contribution in [0.15, 0.2) is 0 Å². The lowest BCUT2D eigenvalue weighted by molar-refractivity contribution is 0.254. The van der Waals surface area contributed by atoms with E-state index in [4.69, 9.17) is 0 Å². The van der Waals surface area contributed by atoms with Crippen LogP contribution in [-0.2, 0) is 0 Å². The lowest BCUT2D eigenvalue weighted by Crippen LogP contribution is -2.27. The molecule has 0 aliphatic rings. The first-order chi connectivity index (χ1) is 19.4. The van der Waals surface area contributed by atoms with Crippen molar-refractivity contribution < 1.29 is 0 Å². The van der Waals surface area contributed by atoms with Gasteiger partial charge in [0.2, 0.25) is 0 Å². The summed E-state index contributed by atoms with van der Waals surface area (Å²) in [5, 5.41) is 0. The van der Waals surface area contributed by atoms with E-state index in [0.717, 1.165) is 17.8 Å². The van der Waals surface area contributed by atoms with Crippen molar-refractivity contribution in [3.8, 4) is 0 Å². The minimum atomic E-state index is 0.886. The second-order valence-electron chi connectivity index (χ2n) is 14.9. The van der Waals surface area contributed by atoms with Crippen molar-refractivity contribution in [3.63, 3.8) is 0 Å². The summed E-state index contributed by atoms with van der Waals surface area (Å²) in [5.41, 5.74) is 0. The van der Waals surface area contributed by atoms with Crippen LogP contribution in [-0.4, -0.2) is 24.5 Å². The Balaban J connectivity index is 3.93. The highest BCUT2D eigenvalue weighted by Gasteiger charge is 2.05. The number of rotatable bonds is 33. The third kappa shape index (κ3) is 34.2. The van der Waals surface area contributed by atoms with Gasteiger partial charge in [-0.2, -0.15) is 0 Å². The summed E-state index contributed by atoms with van der Waals surface area (Å²) in [6, 6.07) is 0. The van der Waals surface area contributed by atoms with E-state index in [-0.39, 0.29) is 0 Å². The minimum absolute atomic E-state index is 0.886. The van der Waals surface area contributed by atoms with Crippen molar-refractivity contribution in [3.05, 3.63) is 0 Å². The first-order valence-electron chi connectivity index (χ1n) is 19.1. The van der Waals surface area contributed by atoms with Crippen LogP contribution in [0.5, 0.6) is 0 Å². The molecular formula is C39H81N. The second-order valence-corrected chi connectivity index (χ2v) is 14.9. The highest BCUT2D eigenvalue weighted by molar-refractivity contribution is 4.61. The van der Waals surface area contributed by atoms with Crippen LogP contribution < -0.4 is 0 Å². The van der Waals surface area contributed by atoms with Crippen molar-refractivity contribution in [2.24, 2.45) is 17.8 Å². The minimum Gasteiger partial charge on any atom is -0.303 e. The average Bonchev–Trinajstić information content (AvgIpc) is 2.90. The lowest BCUT2D eigenvalue weighted by atomic mass is 10.0. The summed E-state index contributed by atoms with van der Waals surface area (Å²) in [7, 11) is 0. The maximum atomic E-state index is 2.85. The molecule has 1 heteroatoms. The number of hydrogen-bond acceptors (Lipinski definition) is 1. The molecule has 0 aromatic rings. The fourth-order valence-electron chi connectivity index (χ4n) is 6.18. The zero-order chi connectivity index (χ0) is 29.5. The maximum Gasteiger partial charge on any atom is -0.00187 e. The van der Waals surface area contributed by atoms with Crippen LogP contribution in [0, 0.1) is 17.8 Å². The van der Waals surface area contributed by atoms with Gasteiger partial charge in [0, 0.05) is 0 Å². The fraction of sp³-hybridized carbons (Fsp3) is 1.00. The topological polar surface area (TPSA) is 3.24 Å². The number of hydrogen-bond donors (Lipinski definition) is 0. The molecule has 242 valence electrons. The van der Waals surface area contributed by atoms with Crippen molar-refractivity contribution in [2.45, 2.75) is 215 Å². The van der Waals surface area contributed by atoms with Gasteiger partial charge in [0.25, 0.3) is 0 Å². The standard InChI is InChI=1S/C39H81N/c1-37(2)31-25-19-13-7-10-16-22-28-34-40(35-29-23-17-11-8-14-20-26-32-38(3)4)36-30-24-18-12-9-15-21-27-33-39(5)6/h37-39H,7-36H2,1-6H3. The van der Waals surface area contributed by atoms with Crippen molar-refractivity contribution in [1.29, 1.82) is 0 Å². The Kier molecular flexibility index (Phi) is 31.9. The third-order valence-corrected chi connectivity index (χ3v) is 9.02. The molecule has 0 bridgehead atoms. The quantitative estimate of drug-likeness (QED) is 0.0718. The van der Waals surface area contributed by atoms with Crippen LogP contribution in [0.3, 0.4) is 0 Å². The second kappa shape index (κ2) is 31.9. The zero-order valence-electron chi connectivity index (χ0n) is 29.4. The van der Waals surface area contributed by atoms with Gasteiger partial charge in [0.15, 0.2) is 0 Å². The van der Waals surface area contributed by atoms with E-state index < -0.39 is 0 Å². The molecule has 0 unspecified atom stereocenters. The first kappa shape index (κ1) is 40.0. The molecule has 0 saturated carbocycles. The molecule has 0 atom stereocenters. The van der Waals surface area contributed by atoms with Crippen molar-refractivity contribution in [1.82, 2.24) is 4.90 Å². The van der Waals surface area contributed by atoms with Gasteiger partial charge in [-0.3, -0.25) is 0 Å². The van der Waals surface area contributed by atoms with E-state index in [1.54, 1.807) is 0 Å². The molecule has 0 spiro atoms. The maximum absolute atomic E-state index is 2.85. The molecule has 0 fully saturated rings. The Morgan fingerprint density at radius 1 is 0.250 bits per heavy atom. The van der Waals surface area contributed by atoms with E-state index in [9.17, 15) is 0 Å². The normalized spacial score (nSPS) is 12.2. The Hall–Kier alpha value is -0.0400. The number of unbranched alkanes of at least 4 members (excludes halogenated alkanes) is 21. The Morgan fingerprint density at radius 3 is 0.625 bits per heavy atom. The molecule has 0 N–H and O–H groups in total. The van der Waals surface area contributed by atoms with Crippen LogP contribution >= 0.6 is 0 Å².